The lowest BCUT2D eigenvalue weighted by molar-refractivity contribution is -0.384. The normalized spacial score (nSPS) is 10.3. The van der Waals surface area contributed by atoms with Gasteiger partial charge in [-0.25, -0.2) is 0 Å². The molecular weight excluding hydrogens is 344 g/mol. The smallest absolute Gasteiger partial charge is 0.293 e. The van der Waals surface area contributed by atoms with Crippen LogP contribution >= 0.6 is 27.5 Å². The molecule has 0 atom stereocenters. The van der Waals surface area contributed by atoms with Crippen molar-refractivity contribution < 1.29 is 4.92 Å². The second kappa shape index (κ2) is 6.24. The molecule has 0 aliphatic rings. The Balaban J connectivity index is 2.32. The molecule has 0 saturated carbocycles. The van der Waals surface area contributed by atoms with Gasteiger partial charge in [0.2, 0.25) is 0 Å². The van der Waals surface area contributed by atoms with Crippen LogP contribution in [0.15, 0.2) is 46.9 Å². The Morgan fingerprint density at radius 2 is 2.00 bits per heavy atom. The zero-order valence-electron chi connectivity index (χ0n) is 10.7. The largest absolute Gasteiger partial charge is 0.365 e. The molecule has 0 saturated heterocycles. The third kappa shape index (κ3) is 3.29. The van der Waals surface area contributed by atoms with Crippen LogP contribution in [0.1, 0.15) is 5.56 Å². The lowest BCUT2D eigenvalue weighted by atomic mass is 10.2. The quantitative estimate of drug-likeness (QED) is 0.592. The van der Waals surface area contributed by atoms with E-state index >= 15 is 0 Å². The van der Waals surface area contributed by atoms with Crippen LogP contribution < -0.4 is 4.90 Å². The van der Waals surface area contributed by atoms with E-state index in [0.29, 0.717) is 21.7 Å². The number of nitrogens with zero attached hydrogens (tertiary/aromatic N) is 2. The van der Waals surface area contributed by atoms with Crippen molar-refractivity contribution in [2.45, 2.75) is 6.54 Å². The fourth-order valence-electron chi connectivity index (χ4n) is 1.93. The van der Waals surface area contributed by atoms with Crippen LogP contribution in [0.4, 0.5) is 11.4 Å². The zero-order valence-corrected chi connectivity index (χ0v) is 13.1. The minimum atomic E-state index is -0.386. The Morgan fingerprint density at radius 3 is 2.65 bits per heavy atom. The second-order valence-electron chi connectivity index (χ2n) is 4.34. The number of hydrogen-bond acceptors (Lipinski definition) is 3. The molecule has 0 fully saturated rings. The maximum atomic E-state index is 11.1. The van der Waals surface area contributed by atoms with E-state index in [1.807, 2.05) is 23.1 Å². The van der Waals surface area contributed by atoms with Crippen LogP contribution in [0.25, 0.3) is 0 Å². The zero-order chi connectivity index (χ0) is 14.7. The van der Waals surface area contributed by atoms with Gasteiger partial charge in [-0.2, -0.15) is 0 Å². The SMILES string of the molecule is CN(Cc1ccccc1Cl)c1ccc(Br)cc1[N+](=O)[O-]. The molecule has 0 aliphatic heterocycles. The Labute approximate surface area is 130 Å². The summed E-state index contributed by atoms with van der Waals surface area (Å²) in [6, 6.07) is 12.5. The van der Waals surface area contributed by atoms with Crippen LogP contribution in [0.5, 0.6) is 0 Å². The molecule has 0 unspecified atom stereocenters. The topological polar surface area (TPSA) is 46.4 Å². The molecule has 104 valence electrons. The van der Waals surface area contributed by atoms with E-state index in [9.17, 15) is 10.1 Å². The fraction of sp³-hybridized carbons (Fsp3) is 0.143. The molecule has 0 heterocycles. The van der Waals surface area contributed by atoms with Gasteiger partial charge in [0.15, 0.2) is 0 Å². The number of nitro benzene ring substituents is 1. The van der Waals surface area contributed by atoms with Gasteiger partial charge >= 0.3 is 0 Å². The van der Waals surface area contributed by atoms with Crippen molar-refractivity contribution in [3.63, 3.8) is 0 Å². The van der Waals surface area contributed by atoms with Crippen molar-refractivity contribution in [1.82, 2.24) is 0 Å². The summed E-state index contributed by atoms with van der Waals surface area (Å²) >= 11 is 9.36. The predicted octanol–water partition coefficient (Wildman–Crippen LogP) is 4.65. The van der Waals surface area contributed by atoms with Crippen molar-refractivity contribution in [2.24, 2.45) is 0 Å². The fourth-order valence-corrected chi connectivity index (χ4v) is 2.48. The molecule has 2 aromatic carbocycles. The first kappa shape index (κ1) is 14.8. The number of rotatable bonds is 4. The number of nitro groups is 1. The molecule has 6 heteroatoms. The minimum absolute atomic E-state index is 0.0638. The first-order chi connectivity index (χ1) is 9.49. The van der Waals surface area contributed by atoms with E-state index in [2.05, 4.69) is 15.9 Å². The van der Waals surface area contributed by atoms with E-state index in [1.165, 1.54) is 6.07 Å². The van der Waals surface area contributed by atoms with E-state index in [0.717, 1.165) is 5.56 Å². The number of halogens is 2. The van der Waals surface area contributed by atoms with Gasteiger partial charge < -0.3 is 4.90 Å². The average Bonchev–Trinajstić information content (AvgIpc) is 2.41. The highest BCUT2D eigenvalue weighted by Gasteiger charge is 2.18. The lowest BCUT2D eigenvalue weighted by Gasteiger charge is -2.20. The summed E-state index contributed by atoms with van der Waals surface area (Å²) in [5.74, 6) is 0. The summed E-state index contributed by atoms with van der Waals surface area (Å²) in [4.78, 5) is 12.6. The van der Waals surface area contributed by atoms with Gasteiger partial charge in [0.1, 0.15) is 5.69 Å². The number of hydrogen-bond donors (Lipinski definition) is 0. The first-order valence-electron chi connectivity index (χ1n) is 5.87. The van der Waals surface area contributed by atoms with Crippen LogP contribution in [-0.4, -0.2) is 12.0 Å². The van der Waals surface area contributed by atoms with Gasteiger partial charge in [0.05, 0.1) is 4.92 Å². The standard InChI is InChI=1S/C14H12BrClN2O2/c1-17(9-10-4-2-3-5-12(10)16)13-7-6-11(15)8-14(13)18(19)20/h2-8H,9H2,1H3. The Kier molecular flexibility index (Phi) is 4.62. The van der Waals surface area contributed by atoms with Crippen molar-refractivity contribution in [1.29, 1.82) is 0 Å². The van der Waals surface area contributed by atoms with E-state index in [1.54, 1.807) is 25.2 Å². The van der Waals surface area contributed by atoms with Gasteiger partial charge in [0, 0.05) is 29.2 Å². The van der Waals surface area contributed by atoms with Gasteiger partial charge in [0.25, 0.3) is 5.69 Å². The van der Waals surface area contributed by atoms with Crippen LogP contribution in [0.3, 0.4) is 0 Å². The molecule has 0 aliphatic carbocycles. The van der Waals surface area contributed by atoms with E-state index in [-0.39, 0.29) is 10.6 Å². The highest BCUT2D eigenvalue weighted by atomic mass is 79.9. The van der Waals surface area contributed by atoms with Gasteiger partial charge in [-0.1, -0.05) is 45.7 Å². The van der Waals surface area contributed by atoms with Gasteiger partial charge in [-0.05, 0) is 23.8 Å². The highest BCUT2D eigenvalue weighted by Crippen LogP contribution is 2.31. The number of benzene rings is 2. The Bertz CT molecular complexity index is 649. The molecule has 2 aromatic rings. The molecule has 0 spiro atoms. The second-order valence-corrected chi connectivity index (χ2v) is 5.66. The van der Waals surface area contributed by atoms with Crippen molar-refractivity contribution in [3.05, 3.63) is 67.6 Å². The summed E-state index contributed by atoms with van der Waals surface area (Å²) in [7, 11) is 1.81. The predicted molar refractivity (Wildman–Crippen MR) is 84.4 cm³/mol. The molecule has 20 heavy (non-hydrogen) atoms. The first-order valence-corrected chi connectivity index (χ1v) is 7.04. The maximum absolute atomic E-state index is 11.1. The molecular formula is C14H12BrClN2O2. The third-order valence-corrected chi connectivity index (χ3v) is 3.77. The van der Waals surface area contributed by atoms with Crippen molar-refractivity contribution in [3.8, 4) is 0 Å². The van der Waals surface area contributed by atoms with E-state index < -0.39 is 0 Å². The van der Waals surface area contributed by atoms with Crippen LogP contribution in [0, 0.1) is 10.1 Å². The third-order valence-electron chi connectivity index (χ3n) is 2.91. The summed E-state index contributed by atoms with van der Waals surface area (Å²) in [5, 5.41) is 11.8. The molecule has 0 radical (unpaired) electrons. The summed E-state index contributed by atoms with van der Waals surface area (Å²) in [6.07, 6.45) is 0. The molecule has 0 N–H and O–H groups in total. The number of anilines is 1. The highest BCUT2D eigenvalue weighted by molar-refractivity contribution is 9.10. The van der Waals surface area contributed by atoms with Gasteiger partial charge in [-0.15, -0.1) is 0 Å². The molecule has 0 aromatic heterocycles. The lowest BCUT2D eigenvalue weighted by Crippen LogP contribution is -2.17. The van der Waals surface area contributed by atoms with Gasteiger partial charge in [-0.3, -0.25) is 10.1 Å². The molecule has 0 amide bonds. The Morgan fingerprint density at radius 1 is 1.30 bits per heavy atom. The van der Waals surface area contributed by atoms with E-state index in [4.69, 9.17) is 11.6 Å². The molecule has 4 nitrogen and oxygen atoms in total. The van der Waals surface area contributed by atoms with Crippen molar-refractivity contribution in [2.75, 3.05) is 11.9 Å². The summed E-state index contributed by atoms with van der Waals surface area (Å²) in [5.41, 5.74) is 1.54. The maximum Gasteiger partial charge on any atom is 0.293 e. The molecule has 0 bridgehead atoms. The summed E-state index contributed by atoms with van der Waals surface area (Å²) < 4.78 is 0.680. The Hall–Kier alpha value is -1.59. The minimum Gasteiger partial charge on any atom is -0.365 e. The molecule has 2 rings (SSSR count). The van der Waals surface area contributed by atoms with Crippen LogP contribution in [-0.2, 0) is 6.54 Å². The monoisotopic (exact) mass is 354 g/mol. The summed E-state index contributed by atoms with van der Waals surface area (Å²) in [6.45, 7) is 0.502. The van der Waals surface area contributed by atoms with Crippen molar-refractivity contribution >= 4 is 38.9 Å². The van der Waals surface area contributed by atoms with Crippen LogP contribution in [0.2, 0.25) is 5.02 Å². The average molecular weight is 356 g/mol.